The lowest BCUT2D eigenvalue weighted by Gasteiger charge is -2.16. The highest BCUT2D eigenvalue weighted by Crippen LogP contribution is 2.28. The van der Waals surface area contributed by atoms with Gasteiger partial charge in [0, 0.05) is 18.8 Å². The van der Waals surface area contributed by atoms with Crippen LogP contribution in [0.4, 0.5) is 5.69 Å². The Morgan fingerprint density at radius 2 is 1.81 bits per heavy atom. The lowest BCUT2D eigenvalue weighted by Crippen LogP contribution is -2.30. The maximum atomic E-state index is 12.1. The highest BCUT2D eigenvalue weighted by atomic mass is 16.5. The van der Waals surface area contributed by atoms with Crippen molar-refractivity contribution in [3.05, 3.63) is 60.2 Å². The number of hydrogen-bond donors (Lipinski definition) is 0. The number of esters is 1. The van der Waals surface area contributed by atoms with E-state index in [0.29, 0.717) is 18.1 Å². The third-order valence-electron chi connectivity index (χ3n) is 3.75. The Hall–Kier alpha value is -3.28. The lowest BCUT2D eigenvalue weighted by molar-refractivity contribution is -0.142. The average Bonchev–Trinajstić information content (AvgIpc) is 2.71. The molecule has 0 atom stereocenters. The fraction of sp³-hybridized carbons (Fsp3) is 0.238. The molecule has 0 fully saturated rings. The molecule has 27 heavy (non-hydrogen) atoms. The molecule has 2 aromatic carbocycles. The van der Waals surface area contributed by atoms with Gasteiger partial charge in [0.15, 0.2) is 18.1 Å². The van der Waals surface area contributed by atoms with Crippen molar-refractivity contribution >= 4 is 23.6 Å². The fourth-order valence-electron chi connectivity index (χ4n) is 2.30. The molecule has 2 rings (SSSR count). The van der Waals surface area contributed by atoms with E-state index >= 15 is 0 Å². The molecule has 1 amide bonds. The summed E-state index contributed by atoms with van der Waals surface area (Å²) in [6, 6.07) is 14.5. The molecule has 0 spiro atoms. The molecule has 0 radical (unpaired) electrons. The first-order valence-corrected chi connectivity index (χ1v) is 8.52. The van der Waals surface area contributed by atoms with Crippen LogP contribution in [0.25, 0.3) is 6.08 Å². The Morgan fingerprint density at radius 1 is 1.07 bits per heavy atom. The minimum atomic E-state index is -0.599. The van der Waals surface area contributed by atoms with E-state index in [9.17, 15) is 9.59 Å². The van der Waals surface area contributed by atoms with Gasteiger partial charge in [0.25, 0.3) is 5.91 Å². The van der Waals surface area contributed by atoms with Crippen LogP contribution in [-0.4, -0.2) is 39.2 Å². The van der Waals surface area contributed by atoms with Crippen molar-refractivity contribution in [2.24, 2.45) is 0 Å². The normalized spacial score (nSPS) is 10.5. The van der Waals surface area contributed by atoms with Gasteiger partial charge >= 0.3 is 5.97 Å². The van der Waals surface area contributed by atoms with Crippen LogP contribution < -0.4 is 14.4 Å². The van der Waals surface area contributed by atoms with Crippen LogP contribution in [0.3, 0.4) is 0 Å². The second-order valence-corrected chi connectivity index (χ2v) is 5.57. The van der Waals surface area contributed by atoms with Crippen LogP contribution >= 0.6 is 0 Å². The Kier molecular flexibility index (Phi) is 7.43. The van der Waals surface area contributed by atoms with Gasteiger partial charge in [0.1, 0.15) is 0 Å². The molecule has 0 aliphatic rings. The van der Waals surface area contributed by atoms with E-state index in [1.165, 1.54) is 11.0 Å². The summed E-state index contributed by atoms with van der Waals surface area (Å²) in [5.41, 5.74) is 1.49. The molecule has 0 saturated heterocycles. The van der Waals surface area contributed by atoms with Crippen molar-refractivity contribution < 1.29 is 23.8 Å². The zero-order chi connectivity index (χ0) is 19.6. The predicted molar refractivity (Wildman–Crippen MR) is 104 cm³/mol. The van der Waals surface area contributed by atoms with Gasteiger partial charge in [-0.3, -0.25) is 4.79 Å². The van der Waals surface area contributed by atoms with E-state index in [1.807, 2.05) is 25.1 Å². The van der Waals surface area contributed by atoms with E-state index in [0.717, 1.165) is 11.3 Å². The summed E-state index contributed by atoms with van der Waals surface area (Å²) in [5, 5.41) is 0. The Balaban J connectivity index is 1.91. The summed E-state index contributed by atoms with van der Waals surface area (Å²) in [7, 11) is 3.20. The molecule has 0 aliphatic carbocycles. The SMILES string of the molecule is CCOc1cc(/C=C/C(=O)OCC(=O)N(C)c2ccccc2)ccc1OC. The maximum absolute atomic E-state index is 12.1. The largest absolute Gasteiger partial charge is 0.493 e. The van der Waals surface area contributed by atoms with Crippen molar-refractivity contribution in [2.45, 2.75) is 6.92 Å². The molecule has 0 N–H and O–H groups in total. The van der Waals surface area contributed by atoms with Gasteiger partial charge in [0.05, 0.1) is 13.7 Å². The van der Waals surface area contributed by atoms with Crippen LogP contribution in [0.2, 0.25) is 0 Å². The smallest absolute Gasteiger partial charge is 0.331 e. The van der Waals surface area contributed by atoms with Crippen LogP contribution in [-0.2, 0) is 14.3 Å². The van der Waals surface area contributed by atoms with E-state index in [2.05, 4.69) is 0 Å². The number of methoxy groups -OCH3 is 1. The number of hydrogen-bond acceptors (Lipinski definition) is 5. The number of ether oxygens (including phenoxy) is 3. The zero-order valence-electron chi connectivity index (χ0n) is 15.7. The highest BCUT2D eigenvalue weighted by Gasteiger charge is 2.12. The van der Waals surface area contributed by atoms with Gasteiger partial charge in [-0.1, -0.05) is 24.3 Å². The molecular weight excluding hydrogens is 346 g/mol. The van der Waals surface area contributed by atoms with Crippen LogP contribution in [0.1, 0.15) is 12.5 Å². The Morgan fingerprint density at radius 3 is 2.48 bits per heavy atom. The summed E-state index contributed by atoms with van der Waals surface area (Å²) in [6.45, 7) is 2.05. The van der Waals surface area contributed by atoms with Gasteiger partial charge in [-0.05, 0) is 42.8 Å². The van der Waals surface area contributed by atoms with E-state index in [-0.39, 0.29) is 12.5 Å². The number of likely N-dealkylation sites (N-methyl/N-ethyl adjacent to an activating group) is 1. The lowest BCUT2D eigenvalue weighted by atomic mass is 10.2. The number of rotatable bonds is 8. The van der Waals surface area contributed by atoms with Gasteiger partial charge in [-0.15, -0.1) is 0 Å². The van der Waals surface area contributed by atoms with E-state index in [1.54, 1.807) is 50.6 Å². The first-order valence-electron chi connectivity index (χ1n) is 8.52. The van der Waals surface area contributed by atoms with Gasteiger partial charge < -0.3 is 19.1 Å². The molecule has 0 bridgehead atoms. The van der Waals surface area contributed by atoms with Crippen molar-refractivity contribution in [1.29, 1.82) is 0 Å². The highest BCUT2D eigenvalue weighted by molar-refractivity contribution is 5.96. The van der Waals surface area contributed by atoms with Gasteiger partial charge in [-0.25, -0.2) is 4.79 Å². The first kappa shape index (κ1) is 20.0. The Labute approximate surface area is 159 Å². The predicted octanol–water partition coefficient (Wildman–Crippen LogP) is 3.31. The monoisotopic (exact) mass is 369 g/mol. The number of anilines is 1. The van der Waals surface area contributed by atoms with Crippen molar-refractivity contribution in [2.75, 3.05) is 32.3 Å². The number of nitrogens with zero attached hydrogens (tertiary/aromatic N) is 1. The fourth-order valence-corrected chi connectivity index (χ4v) is 2.30. The molecule has 0 heterocycles. The number of carbonyl (C=O) groups is 2. The topological polar surface area (TPSA) is 65.1 Å². The second-order valence-electron chi connectivity index (χ2n) is 5.57. The molecule has 2 aromatic rings. The summed E-state index contributed by atoms with van der Waals surface area (Å²) < 4.78 is 15.7. The summed E-state index contributed by atoms with van der Waals surface area (Å²) in [5.74, 6) is 0.297. The van der Waals surface area contributed by atoms with E-state index in [4.69, 9.17) is 14.2 Å². The molecular formula is C21H23NO5. The molecule has 142 valence electrons. The minimum Gasteiger partial charge on any atom is -0.493 e. The Bertz CT molecular complexity index is 801. The minimum absolute atomic E-state index is 0.314. The average molecular weight is 369 g/mol. The third kappa shape index (κ3) is 5.88. The number of benzene rings is 2. The second kappa shape index (κ2) is 10.0. The number of para-hydroxylation sites is 1. The van der Waals surface area contributed by atoms with Gasteiger partial charge in [0.2, 0.25) is 0 Å². The standard InChI is InChI=1S/C21H23NO5/c1-4-26-19-14-16(10-12-18(19)25-3)11-13-21(24)27-15-20(23)22(2)17-8-6-5-7-9-17/h5-14H,4,15H2,1-3H3/b13-11+. The molecule has 0 aliphatic heterocycles. The van der Waals surface area contributed by atoms with Crippen molar-refractivity contribution in [3.63, 3.8) is 0 Å². The van der Waals surface area contributed by atoms with Gasteiger partial charge in [-0.2, -0.15) is 0 Å². The van der Waals surface area contributed by atoms with E-state index < -0.39 is 5.97 Å². The molecule has 0 unspecified atom stereocenters. The number of carbonyl (C=O) groups excluding carboxylic acids is 2. The third-order valence-corrected chi connectivity index (χ3v) is 3.75. The quantitative estimate of drug-likeness (QED) is 0.528. The van der Waals surface area contributed by atoms with Crippen molar-refractivity contribution in [1.82, 2.24) is 0 Å². The summed E-state index contributed by atoms with van der Waals surface area (Å²) in [6.07, 6.45) is 2.86. The first-order chi connectivity index (χ1) is 13.0. The molecule has 6 nitrogen and oxygen atoms in total. The zero-order valence-corrected chi connectivity index (χ0v) is 15.7. The van der Waals surface area contributed by atoms with Crippen LogP contribution in [0.5, 0.6) is 11.5 Å². The van der Waals surface area contributed by atoms with Crippen LogP contribution in [0, 0.1) is 0 Å². The summed E-state index contributed by atoms with van der Waals surface area (Å²) >= 11 is 0. The van der Waals surface area contributed by atoms with Crippen molar-refractivity contribution in [3.8, 4) is 11.5 Å². The molecule has 0 saturated carbocycles. The molecule has 6 heteroatoms. The maximum Gasteiger partial charge on any atom is 0.331 e. The summed E-state index contributed by atoms with van der Waals surface area (Å²) in [4.78, 5) is 25.4. The van der Waals surface area contributed by atoms with Crippen LogP contribution in [0.15, 0.2) is 54.6 Å². The number of amides is 1. The molecule has 0 aromatic heterocycles.